The van der Waals surface area contributed by atoms with Crippen molar-refractivity contribution in [2.24, 2.45) is 16.2 Å². The summed E-state index contributed by atoms with van der Waals surface area (Å²) in [5.74, 6) is -2.38. The van der Waals surface area contributed by atoms with Crippen LogP contribution in [0.25, 0.3) is 0 Å². The van der Waals surface area contributed by atoms with Crippen molar-refractivity contribution in [1.29, 1.82) is 0 Å². The molecule has 0 radical (unpaired) electrons. The number of carbonyl (C=O) groups is 1. The molecule has 0 aromatic carbocycles. The zero-order valence-corrected chi connectivity index (χ0v) is 17.4. The van der Waals surface area contributed by atoms with Crippen LogP contribution in [0.1, 0.15) is 60.8 Å². The second-order valence-corrected chi connectivity index (χ2v) is 8.71. The molecule has 0 rings (SSSR count). The summed E-state index contributed by atoms with van der Waals surface area (Å²) in [5, 5.41) is 0. The van der Waals surface area contributed by atoms with Crippen molar-refractivity contribution >= 4 is 5.97 Å². The molecule has 0 bridgehead atoms. The minimum absolute atomic E-state index is 0.107. The average Bonchev–Trinajstić information content (AvgIpc) is 2.53. The first-order chi connectivity index (χ1) is 13.0. The molecule has 2 nitrogen and oxygen atoms in total. The van der Waals surface area contributed by atoms with Crippen LogP contribution in [0.5, 0.6) is 0 Å². The maximum absolute atomic E-state index is 14.2. The SMILES string of the molecule is CCC(C)(C)CC(C(=O)OCC(F)(C(F)(F)F)C(F)(F)F)(C(F)(F)F)C(C)(C)CC. The van der Waals surface area contributed by atoms with Gasteiger partial charge in [0.2, 0.25) is 0 Å². The Labute approximate surface area is 168 Å². The summed E-state index contributed by atoms with van der Waals surface area (Å²) in [6.07, 6.45) is -19.7. The number of halogens is 10. The van der Waals surface area contributed by atoms with Crippen molar-refractivity contribution in [2.45, 2.75) is 85.0 Å². The third-order valence-electron chi connectivity index (χ3n) is 5.87. The number of hydrogen-bond donors (Lipinski definition) is 0. The van der Waals surface area contributed by atoms with Gasteiger partial charge in [-0.3, -0.25) is 4.79 Å². The Hall–Kier alpha value is -1.23. The van der Waals surface area contributed by atoms with Crippen LogP contribution in [0.3, 0.4) is 0 Å². The van der Waals surface area contributed by atoms with E-state index in [4.69, 9.17) is 0 Å². The van der Waals surface area contributed by atoms with Gasteiger partial charge in [-0.15, -0.1) is 0 Å². The van der Waals surface area contributed by atoms with E-state index in [2.05, 4.69) is 4.74 Å². The molecule has 0 amide bonds. The van der Waals surface area contributed by atoms with E-state index in [9.17, 15) is 48.7 Å². The fourth-order valence-corrected chi connectivity index (χ4v) is 2.94. The summed E-state index contributed by atoms with van der Waals surface area (Å²) in [4.78, 5) is 12.6. The number of hydrogen-bond acceptors (Lipinski definition) is 2. The van der Waals surface area contributed by atoms with E-state index < -0.39 is 59.4 Å². The summed E-state index contributed by atoms with van der Waals surface area (Å²) >= 11 is 0. The summed E-state index contributed by atoms with van der Waals surface area (Å²) < 4.78 is 137. The molecule has 1 unspecified atom stereocenters. The Bertz CT molecular complexity index is 588. The summed E-state index contributed by atoms with van der Waals surface area (Å²) in [7, 11) is 0. The molecule has 0 aromatic heterocycles. The standard InChI is InChI=1S/C18H26F10O2/c1-7-12(3,4)9-14(16(20,21)22,13(5,6)8-2)11(29)30-10-15(19,17(23,24)25)18(26,27)28/h7-10H2,1-6H3. The topological polar surface area (TPSA) is 26.3 Å². The molecule has 0 aromatic rings. The van der Waals surface area contributed by atoms with E-state index in [1.807, 2.05) is 0 Å². The van der Waals surface area contributed by atoms with Gasteiger partial charge in [-0.25, -0.2) is 4.39 Å². The monoisotopic (exact) mass is 464 g/mol. The van der Waals surface area contributed by atoms with Crippen LogP contribution in [0.2, 0.25) is 0 Å². The molecule has 180 valence electrons. The maximum Gasteiger partial charge on any atom is 0.435 e. The summed E-state index contributed by atoms with van der Waals surface area (Å²) in [6, 6.07) is 0. The van der Waals surface area contributed by atoms with Crippen LogP contribution < -0.4 is 0 Å². The fourth-order valence-electron chi connectivity index (χ4n) is 2.94. The molecule has 0 saturated heterocycles. The van der Waals surface area contributed by atoms with Gasteiger partial charge < -0.3 is 4.74 Å². The average molecular weight is 464 g/mol. The minimum Gasteiger partial charge on any atom is -0.461 e. The molecule has 12 heteroatoms. The zero-order valence-electron chi connectivity index (χ0n) is 17.4. The molecule has 0 spiro atoms. The van der Waals surface area contributed by atoms with Gasteiger partial charge in [0, 0.05) is 0 Å². The predicted octanol–water partition coefficient (Wildman–Crippen LogP) is 7.17. The molecular weight excluding hydrogens is 438 g/mol. The van der Waals surface area contributed by atoms with Crippen LogP contribution in [0.15, 0.2) is 0 Å². The number of alkyl halides is 10. The number of rotatable bonds is 8. The van der Waals surface area contributed by atoms with Crippen LogP contribution in [0.4, 0.5) is 43.9 Å². The van der Waals surface area contributed by atoms with Gasteiger partial charge in [0.05, 0.1) is 0 Å². The van der Waals surface area contributed by atoms with E-state index in [1.54, 1.807) is 0 Å². The summed E-state index contributed by atoms with van der Waals surface area (Å²) in [6.45, 7) is 4.54. The molecule has 0 aliphatic heterocycles. The number of carbonyl (C=O) groups excluding carboxylic acids is 1. The lowest BCUT2D eigenvalue weighted by molar-refractivity contribution is -0.351. The van der Waals surface area contributed by atoms with Gasteiger partial charge in [0.1, 0.15) is 6.61 Å². The van der Waals surface area contributed by atoms with Gasteiger partial charge in [-0.2, -0.15) is 39.5 Å². The van der Waals surface area contributed by atoms with Gasteiger partial charge >= 0.3 is 30.2 Å². The highest BCUT2D eigenvalue weighted by Crippen LogP contribution is 2.59. The van der Waals surface area contributed by atoms with Gasteiger partial charge in [0.15, 0.2) is 5.41 Å². The van der Waals surface area contributed by atoms with Crippen molar-refractivity contribution in [3.05, 3.63) is 0 Å². The van der Waals surface area contributed by atoms with Crippen LogP contribution >= 0.6 is 0 Å². The first-order valence-corrected chi connectivity index (χ1v) is 9.02. The molecule has 0 aliphatic rings. The van der Waals surface area contributed by atoms with E-state index in [1.165, 1.54) is 27.7 Å². The number of ether oxygens (including phenoxy) is 1. The normalized spacial score (nSPS) is 16.9. The first kappa shape index (κ1) is 28.8. The van der Waals surface area contributed by atoms with Crippen LogP contribution in [-0.2, 0) is 9.53 Å². The van der Waals surface area contributed by atoms with E-state index in [0.717, 1.165) is 13.8 Å². The van der Waals surface area contributed by atoms with Crippen molar-refractivity contribution < 1.29 is 53.4 Å². The third kappa shape index (κ3) is 5.15. The van der Waals surface area contributed by atoms with Crippen molar-refractivity contribution in [3.8, 4) is 0 Å². The fraction of sp³-hybridized carbons (Fsp3) is 0.944. The first-order valence-electron chi connectivity index (χ1n) is 9.02. The molecule has 0 heterocycles. The molecule has 0 saturated carbocycles. The Kier molecular flexibility index (Phi) is 8.02. The van der Waals surface area contributed by atoms with Crippen LogP contribution in [0, 0.1) is 16.2 Å². The Morgan fingerprint density at radius 1 is 0.700 bits per heavy atom. The highest BCUT2D eigenvalue weighted by molar-refractivity contribution is 5.79. The molecule has 0 fully saturated rings. The molecule has 1 atom stereocenters. The Morgan fingerprint density at radius 2 is 1.10 bits per heavy atom. The van der Waals surface area contributed by atoms with Gasteiger partial charge in [-0.1, -0.05) is 48.0 Å². The van der Waals surface area contributed by atoms with E-state index in [0.29, 0.717) is 0 Å². The van der Waals surface area contributed by atoms with E-state index in [-0.39, 0.29) is 12.8 Å². The van der Waals surface area contributed by atoms with Crippen molar-refractivity contribution in [1.82, 2.24) is 0 Å². The Morgan fingerprint density at radius 3 is 1.37 bits per heavy atom. The lowest BCUT2D eigenvalue weighted by Crippen LogP contribution is -2.60. The van der Waals surface area contributed by atoms with Crippen molar-refractivity contribution in [2.75, 3.05) is 6.61 Å². The lowest BCUT2D eigenvalue weighted by atomic mass is 9.57. The molecule has 0 N–H and O–H groups in total. The van der Waals surface area contributed by atoms with Gasteiger partial charge in [0.25, 0.3) is 0 Å². The Balaban J connectivity index is 6.51. The van der Waals surface area contributed by atoms with E-state index >= 15 is 0 Å². The predicted molar refractivity (Wildman–Crippen MR) is 88.2 cm³/mol. The molecular formula is C18H26F10O2. The van der Waals surface area contributed by atoms with Crippen LogP contribution in [-0.4, -0.2) is 36.8 Å². The third-order valence-corrected chi connectivity index (χ3v) is 5.87. The minimum atomic E-state index is -6.56. The smallest absolute Gasteiger partial charge is 0.435 e. The second kappa shape index (κ2) is 8.37. The largest absolute Gasteiger partial charge is 0.461 e. The maximum atomic E-state index is 14.2. The zero-order chi connectivity index (χ0) is 24.6. The molecule has 0 aliphatic carbocycles. The quantitative estimate of drug-likeness (QED) is 0.281. The van der Waals surface area contributed by atoms with Gasteiger partial charge in [-0.05, 0) is 23.7 Å². The van der Waals surface area contributed by atoms with Crippen molar-refractivity contribution in [3.63, 3.8) is 0 Å². The number of esters is 1. The highest BCUT2D eigenvalue weighted by Gasteiger charge is 2.75. The molecule has 30 heavy (non-hydrogen) atoms. The second-order valence-electron chi connectivity index (χ2n) is 8.71. The summed E-state index contributed by atoms with van der Waals surface area (Å²) in [5.41, 5.74) is -12.7. The highest BCUT2D eigenvalue weighted by atomic mass is 19.4. The lowest BCUT2D eigenvalue weighted by Gasteiger charge is -2.48.